The number of rotatable bonds is 10. The Balaban J connectivity index is 1.51. The number of benzene rings is 2. The molecule has 3 heteroatoms. The molecule has 1 aliphatic carbocycles. The summed E-state index contributed by atoms with van der Waals surface area (Å²) in [7, 11) is 0. The summed E-state index contributed by atoms with van der Waals surface area (Å²) in [4.78, 5) is 11.0. The van der Waals surface area contributed by atoms with Gasteiger partial charge in [-0.25, -0.2) is 0 Å². The van der Waals surface area contributed by atoms with Crippen molar-refractivity contribution in [2.24, 2.45) is 11.3 Å². The minimum Gasteiger partial charge on any atom is -0.461 e. The van der Waals surface area contributed by atoms with E-state index in [1.807, 2.05) is 31.2 Å². The Kier molecular flexibility index (Phi) is 9.26. The summed E-state index contributed by atoms with van der Waals surface area (Å²) in [5.74, 6) is 3.43. The van der Waals surface area contributed by atoms with Gasteiger partial charge in [-0.15, -0.1) is 4.89 Å². The third-order valence-electron chi connectivity index (χ3n) is 7.20. The van der Waals surface area contributed by atoms with E-state index >= 15 is 0 Å². The first-order chi connectivity index (χ1) is 15.8. The molecule has 2 aromatic rings. The molecular weight excluding hydrogens is 408 g/mol. The monoisotopic (exact) mass is 452 g/mol. The van der Waals surface area contributed by atoms with E-state index in [0.29, 0.717) is 23.5 Å². The summed E-state index contributed by atoms with van der Waals surface area (Å²) < 4.78 is 5.93. The summed E-state index contributed by atoms with van der Waals surface area (Å²) in [6.07, 6.45) is 8.57. The molecule has 3 atom stereocenters. The van der Waals surface area contributed by atoms with Gasteiger partial charge in [0.1, 0.15) is 5.75 Å². The molecular formula is C30H44O3. The van der Waals surface area contributed by atoms with Crippen LogP contribution < -0.4 is 9.62 Å². The van der Waals surface area contributed by atoms with E-state index in [9.17, 15) is 0 Å². The maximum Gasteiger partial charge on any atom is 0.239 e. The lowest BCUT2D eigenvalue weighted by Crippen LogP contribution is -2.21. The summed E-state index contributed by atoms with van der Waals surface area (Å²) in [5.41, 5.74) is 3.01. The highest BCUT2D eigenvalue weighted by atomic mass is 17.2. The van der Waals surface area contributed by atoms with Crippen LogP contribution in [0.5, 0.6) is 11.5 Å². The Bertz CT molecular complexity index is 813. The first kappa shape index (κ1) is 25.6. The van der Waals surface area contributed by atoms with Crippen molar-refractivity contribution >= 4 is 0 Å². The predicted octanol–water partition coefficient (Wildman–Crippen LogP) is 9.04. The average molecular weight is 453 g/mol. The van der Waals surface area contributed by atoms with E-state index in [4.69, 9.17) is 14.5 Å². The molecule has 33 heavy (non-hydrogen) atoms. The van der Waals surface area contributed by atoms with E-state index in [1.165, 1.54) is 56.1 Å². The van der Waals surface area contributed by atoms with Crippen LogP contribution in [0.15, 0.2) is 48.5 Å². The summed E-state index contributed by atoms with van der Waals surface area (Å²) in [5, 5.41) is 0. The second-order valence-electron chi connectivity index (χ2n) is 11.0. The molecule has 182 valence electrons. The molecule has 3 nitrogen and oxygen atoms in total. The van der Waals surface area contributed by atoms with Crippen molar-refractivity contribution in [1.82, 2.24) is 0 Å². The van der Waals surface area contributed by atoms with Gasteiger partial charge >= 0.3 is 0 Å². The lowest BCUT2D eigenvalue weighted by molar-refractivity contribution is -0.289. The summed E-state index contributed by atoms with van der Waals surface area (Å²) in [6, 6.07) is 16.8. The third-order valence-corrected chi connectivity index (χ3v) is 7.20. The molecule has 0 radical (unpaired) electrons. The molecule has 1 fully saturated rings. The van der Waals surface area contributed by atoms with Gasteiger partial charge in [0.15, 0.2) is 5.75 Å². The first-order valence-electron chi connectivity index (χ1n) is 13.0. The largest absolute Gasteiger partial charge is 0.461 e. The van der Waals surface area contributed by atoms with Crippen molar-refractivity contribution in [3.8, 4) is 11.5 Å². The smallest absolute Gasteiger partial charge is 0.239 e. The van der Waals surface area contributed by atoms with Gasteiger partial charge in [0.25, 0.3) is 0 Å². The zero-order valence-electron chi connectivity index (χ0n) is 21.6. The molecule has 0 aliphatic heterocycles. The zero-order chi connectivity index (χ0) is 23.8. The number of ether oxygens (including phenoxy) is 1. The highest BCUT2D eigenvalue weighted by Gasteiger charge is 2.27. The van der Waals surface area contributed by atoms with Crippen molar-refractivity contribution in [2.75, 3.05) is 0 Å². The normalized spacial score (nSPS) is 17.9. The molecule has 0 bridgehead atoms. The minimum absolute atomic E-state index is 0.225. The van der Waals surface area contributed by atoms with E-state index in [0.717, 1.165) is 5.75 Å². The van der Waals surface area contributed by atoms with E-state index < -0.39 is 6.29 Å². The lowest BCUT2D eigenvalue weighted by Gasteiger charge is -2.33. The van der Waals surface area contributed by atoms with Gasteiger partial charge in [-0.2, -0.15) is 0 Å². The van der Waals surface area contributed by atoms with Crippen molar-refractivity contribution in [1.29, 1.82) is 0 Å². The predicted molar refractivity (Wildman–Crippen MR) is 137 cm³/mol. The van der Waals surface area contributed by atoms with Crippen molar-refractivity contribution in [3.63, 3.8) is 0 Å². The zero-order valence-corrected chi connectivity index (χ0v) is 21.6. The molecule has 3 unspecified atom stereocenters. The van der Waals surface area contributed by atoms with Crippen LogP contribution in [0.1, 0.15) is 109 Å². The second-order valence-corrected chi connectivity index (χ2v) is 11.0. The number of hydrogen-bond acceptors (Lipinski definition) is 3. The van der Waals surface area contributed by atoms with E-state index in [-0.39, 0.29) is 5.41 Å². The van der Waals surface area contributed by atoms with Crippen LogP contribution >= 0.6 is 0 Å². The fourth-order valence-corrected chi connectivity index (χ4v) is 4.90. The van der Waals surface area contributed by atoms with Crippen molar-refractivity contribution < 1.29 is 14.5 Å². The Hall–Kier alpha value is -2.00. The van der Waals surface area contributed by atoms with Gasteiger partial charge < -0.3 is 9.62 Å². The standard InChI is InChI=1S/C30H44O3/c1-7-22(2)21-29(30(4,5)6)26-15-17-27(18-16-26)31-23(3)32-33-28-19-13-25(14-20-28)24-11-9-8-10-12-24/h13-20,22-24,29H,7-12,21H2,1-6H3. The molecule has 1 saturated carbocycles. The molecule has 0 spiro atoms. The molecule has 0 N–H and O–H groups in total. The lowest BCUT2D eigenvalue weighted by atomic mass is 9.72. The van der Waals surface area contributed by atoms with Crippen LogP contribution in [0.25, 0.3) is 0 Å². The SMILES string of the molecule is CCC(C)CC(c1ccc(OC(C)OOc2ccc(C3CCCCC3)cc2)cc1)C(C)(C)C. The summed E-state index contributed by atoms with van der Waals surface area (Å²) >= 11 is 0. The highest BCUT2D eigenvalue weighted by Crippen LogP contribution is 2.40. The average Bonchev–Trinajstić information content (AvgIpc) is 2.82. The van der Waals surface area contributed by atoms with Crippen molar-refractivity contribution in [2.45, 2.75) is 105 Å². The van der Waals surface area contributed by atoms with Crippen LogP contribution in [-0.2, 0) is 4.89 Å². The Morgan fingerprint density at radius 2 is 1.45 bits per heavy atom. The summed E-state index contributed by atoms with van der Waals surface area (Å²) in [6.45, 7) is 13.5. The van der Waals surface area contributed by atoms with Gasteiger partial charge in [0.05, 0.1) is 0 Å². The van der Waals surface area contributed by atoms with Crippen LogP contribution in [0.2, 0.25) is 0 Å². The molecule has 0 heterocycles. The Morgan fingerprint density at radius 3 is 2.03 bits per heavy atom. The van der Waals surface area contributed by atoms with Crippen LogP contribution in [0.4, 0.5) is 0 Å². The maximum atomic E-state index is 5.93. The highest BCUT2D eigenvalue weighted by molar-refractivity contribution is 5.31. The molecule has 0 saturated heterocycles. The minimum atomic E-state index is -0.507. The van der Waals surface area contributed by atoms with Crippen LogP contribution in [0.3, 0.4) is 0 Å². The third kappa shape index (κ3) is 7.78. The Labute approximate surface area is 201 Å². The van der Waals surface area contributed by atoms with Crippen molar-refractivity contribution in [3.05, 3.63) is 59.7 Å². The maximum absolute atomic E-state index is 5.93. The molecule has 1 aliphatic rings. The van der Waals surface area contributed by atoms with Gasteiger partial charge in [0, 0.05) is 6.92 Å². The van der Waals surface area contributed by atoms with Gasteiger partial charge in [0.2, 0.25) is 6.29 Å². The number of hydrogen-bond donors (Lipinski definition) is 0. The first-order valence-corrected chi connectivity index (χ1v) is 13.0. The van der Waals surface area contributed by atoms with Gasteiger partial charge in [-0.1, -0.05) is 84.6 Å². The molecule has 2 aromatic carbocycles. The Morgan fingerprint density at radius 1 is 0.848 bits per heavy atom. The van der Waals surface area contributed by atoms with Crippen LogP contribution in [0, 0.1) is 11.3 Å². The quantitative estimate of drug-likeness (QED) is 0.204. The van der Waals surface area contributed by atoms with Gasteiger partial charge in [-0.3, -0.25) is 0 Å². The van der Waals surface area contributed by atoms with Crippen LogP contribution in [-0.4, -0.2) is 6.29 Å². The molecule has 3 rings (SSSR count). The van der Waals surface area contributed by atoms with E-state index in [2.05, 4.69) is 58.9 Å². The van der Waals surface area contributed by atoms with Gasteiger partial charge in [-0.05, 0) is 77.8 Å². The topological polar surface area (TPSA) is 27.7 Å². The second kappa shape index (κ2) is 11.9. The van der Waals surface area contributed by atoms with E-state index in [1.54, 1.807) is 0 Å². The molecule has 0 aromatic heterocycles. The fourth-order valence-electron chi connectivity index (χ4n) is 4.90. The molecule has 0 amide bonds. The fraction of sp³-hybridized carbons (Fsp3) is 0.600.